The first-order valence-electron chi connectivity index (χ1n) is 8.88. The van der Waals surface area contributed by atoms with Crippen LogP contribution in [-0.2, 0) is 23.1 Å². The van der Waals surface area contributed by atoms with E-state index in [1.54, 1.807) is 18.3 Å². The summed E-state index contributed by atoms with van der Waals surface area (Å²) in [6.45, 7) is 0.377. The number of nitrogens with one attached hydrogen (secondary N) is 2. The lowest BCUT2D eigenvalue weighted by Gasteiger charge is -2.11. The lowest BCUT2D eigenvalue weighted by Crippen LogP contribution is -2.24. The summed E-state index contributed by atoms with van der Waals surface area (Å²) < 4.78 is 32.2. The molecule has 1 aromatic carbocycles. The van der Waals surface area contributed by atoms with Gasteiger partial charge in [-0.25, -0.2) is 18.1 Å². The first-order chi connectivity index (χ1) is 13.8. The van der Waals surface area contributed by atoms with Gasteiger partial charge in [0, 0.05) is 32.4 Å². The van der Waals surface area contributed by atoms with E-state index in [1.165, 1.54) is 30.5 Å². The number of nitrogens with zero attached hydrogens (tertiary/aromatic N) is 2. The van der Waals surface area contributed by atoms with Crippen LogP contribution in [0.5, 0.6) is 0 Å². The van der Waals surface area contributed by atoms with Gasteiger partial charge in [0.15, 0.2) is 0 Å². The Morgan fingerprint density at radius 3 is 2.41 bits per heavy atom. The number of aromatic nitrogens is 1. The maximum atomic E-state index is 12.3. The zero-order valence-electron chi connectivity index (χ0n) is 16.1. The largest absolute Gasteiger partial charge is 0.468 e. The van der Waals surface area contributed by atoms with Gasteiger partial charge in [-0.3, -0.25) is 4.79 Å². The van der Waals surface area contributed by atoms with Gasteiger partial charge in [-0.05, 0) is 48.0 Å². The van der Waals surface area contributed by atoms with Crippen LogP contribution in [0, 0.1) is 0 Å². The lowest BCUT2D eigenvalue weighted by atomic mass is 10.2. The molecule has 0 radical (unpaired) electrons. The van der Waals surface area contributed by atoms with Crippen molar-refractivity contribution in [2.45, 2.75) is 18.0 Å². The minimum atomic E-state index is -3.70. The molecular weight excluding hydrogens is 392 g/mol. The molecule has 8 nitrogen and oxygen atoms in total. The molecule has 3 aromatic rings. The van der Waals surface area contributed by atoms with Gasteiger partial charge in [-0.15, -0.1) is 0 Å². The third-order valence-electron chi connectivity index (χ3n) is 4.16. The maximum absolute atomic E-state index is 12.3. The molecule has 0 saturated carbocycles. The van der Waals surface area contributed by atoms with Crippen LogP contribution in [-0.4, -0.2) is 33.4 Å². The van der Waals surface area contributed by atoms with Crippen LogP contribution in [0.3, 0.4) is 0 Å². The highest BCUT2D eigenvalue weighted by Gasteiger charge is 2.15. The van der Waals surface area contributed by atoms with Crippen molar-refractivity contribution in [3.05, 3.63) is 77.9 Å². The van der Waals surface area contributed by atoms with Crippen molar-refractivity contribution in [3.8, 4) is 0 Å². The molecule has 9 heteroatoms. The third kappa shape index (κ3) is 5.43. The van der Waals surface area contributed by atoms with E-state index in [9.17, 15) is 13.2 Å². The number of carbonyl (C=O) groups excluding carboxylic acids is 1. The average Bonchev–Trinajstić information content (AvgIpc) is 3.25. The summed E-state index contributed by atoms with van der Waals surface area (Å²) in [6, 6.07) is 12.9. The quantitative estimate of drug-likeness (QED) is 0.585. The predicted molar refractivity (Wildman–Crippen MR) is 109 cm³/mol. The summed E-state index contributed by atoms with van der Waals surface area (Å²) in [5.41, 5.74) is 1.23. The molecule has 0 saturated heterocycles. The second-order valence-corrected chi connectivity index (χ2v) is 8.30. The summed E-state index contributed by atoms with van der Waals surface area (Å²) >= 11 is 0. The number of sulfonamides is 1. The minimum Gasteiger partial charge on any atom is -0.468 e. The van der Waals surface area contributed by atoms with Crippen LogP contribution in [0.15, 0.2) is 70.3 Å². The van der Waals surface area contributed by atoms with Gasteiger partial charge in [0.2, 0.25) is 10.0 Å². The van der Waals surface area contributed by atoms with Gasteiger partial charge in [0.25, 0.3) is 5.91 Å². The lowest BCUT2D eigenvalue weighted by molar-refractivity contribution is 0.0951. The number of pyridine rings is 1. The van der Waals surface area contributed by atoms with E-state index in [-0.39, 0.29) is 17.3 Å². The highest BCUT2D eigenvalue weighted by Crippen LogP contribution is 2.12. The number of furan rings is 1. The van der Waals surface area contributed by atoms with E-state index in [2.05, 4.69) is 15.0 Å². The van der Waals surface area contributed by atoms with Crippen molar-refractivity contribution in [3.63, 3.8) is 0 Å². The third-order valence-corrected chi connectivity index (χ3v) is 5.58. The number of anilines is 1. The van der Waals surface area contributed by atoms with Gasteiger partial charge in [-0.2, -0.15) is 0 Å². The summed E-state index contributed by atoms with van der Waals surface area (Å²) in [6.07, 6.45) is 3.18. The molecule has 152 valence electrons. The Morgan fingerprint density at radius 2 is 1.83 bits per heavy atom. The molecule has 1 amide bonds. The van der Waals surface area contributed by atoms with Crippen molar-refractivity contribution in [1.82, 2.24) is 15.0 Å². The zero-order valence-corrected chi connectivity index (χ0v) is 16.9. The number of rotatable bonds is 8. The fourth-order valence-electron chi connectivity index (χ4n) is 2.52. The van der Waals surface area contributed by atoms with E-state index in [1.807, 2.05) is 31.1 Å². The van der Waals surface area contributed by atoms with Crippen LogP contribution in [0.2, 0.25) is 0 Å². The van der Waals surface area contributed by atoms with Gasteiger partial charge in [0.05, 0.1) is 17.7 Å². The molecule has 0 aliphatic rings. The molecular formula is C20H22N4O4S. The zero-order chi connectivity index (χ0) is 20.9. The van der Waals surface area contributed by atoms with E-state index < -0.39 is 10.0 Å². The summed E-state index contributed by atoms with van der Waals surface area (Å²) in [7, 11) is 0.107. The van der Waals surface area contributed by atoms with Crippen LogP contribution in [0.4, 0.5) is 5.82 Å². The highest BCUT2D eigenvalue weighted by molar-refractivity contribution is 7.89. The Labute approximate surface area is 169 Å². The Morgan fingerprint density at radius 1 is 1.07 bits per heavy atom. The molecule has 0 unspecified atom stereocenters. The number of hydrogen-bond donors (Lipinski definition) is 2. The van der Waals surface area contributed by atoms with Crippen LogP contribution in [0.1, 0.15) is 21.7 Å². The molecule has 0 atom stereocenters. The molecule has 0 fully saturated rings. The number of benzene rings is 1. The predicted octanol–water partition coefficient (Wildman–Crippen LogP) is 2.15. The van der Waals surface area contributed by atoms with Crippen LogP contribution >= 0.6 is 0 Å². The normalized spacial score (nSPS) is 11.2. The van der Waals surface area contributed by atoms with Crippen molar-refractivity contribution in [1.29, 1.82) is 0 Å². The monoisotopic (exact) mass is 414 g/mol. The first kappa shape index (κ1) is 20.6. The fourth-order valence-corrected chi connectivity index (χ4v) is 3.51. The maximum Gasteiger partial charge on any atom is 0.251 e. The van der Waals surface area contributed by atoms with Gasteiger partial charge < -0.3 is 14.6 Å². The van der Waals surface area contributed by atoms with E-state index in [0.29, 0.717) is 17.9 Å². The Bertz CT molecular complexity index is 1040. The van der Waals surface area contributed by atoms with Crippen molar-refractivity contribution >= 4 is 21.7 Å². The van der Waals surface area contributed by atoms with E-state index in [0.717, 1.165) is 11.4 Å². The van der Waals surface area contributed by atoms with Crippen LogP contribution in [0.25, 0.3) is 0 Å². The van der Waals surface area contributed by atoms with E-state index in [4.69, 9.17) is 4.42 Å². The molecule has 3 rings (SSSR count). The van der Waals surface area contributed by atoms with Gasteiger partial charge in [0.1, 0.15) is 11.6 Å². The second-order valence-electron chi connectivity index (χ2n) is 6.53. The summed E-state index contributed by atoms with van der Waals surface area (Å²) in [5.74, 6) is 1.05. The standard InChI is InChI=1S/C20H22N4O4S/c1-24(2)19-10-5-15(12-21-19)13-22-20(25)16-6-8-18(9-7-16)29(26,27)23-14-17-4-3-11-28-17/h3-12,23H,13-14H2,1-2H3,(H,22,25). The number of carbonyl (C=O) groups is 1. The van der Waals surface area contributed by atoms with Gasteiger partial charge in [-0.1, -0.05) is 6.07 Å². The fraction of sp³-hybridized carbons (Fsp3) is 0.200. The highest BCUT2D eigenvalue weighted by atomic mass is 32.2. The van der Waals surface area contributed by atoms with Crippen molar-refractivity contribution < 1.29 is 17.6 Å². The molecule has 0 aliphatic heterocycles. The second kappa shape index (κ2) is 8.89. The Hall–Kier alpha value is -3.17. The SMILES string of the molecule is CN(C)c1ccc(CNC(=O)c2ccc(S(=O)(=O)NCc3ccco3)cc2)cn1. The van der Waals surface area contributed by atoms with Crippen molar-refractivity contribution in [2.75, 3.05) is 19.0 Å². The molecule has 2 heterocycles. The van der Waals surface area contributed by atoms with Crippen molar-refractivity contribution in [2.24, 2.45) is 0 Å². The molecule has 0 spiro atoms. The number of hydrogen-bond acceptors (Lipinski definition) is 6. The molecule has 2 aromatic heterocycles. The van der Waals surface area contributed by atoms with E-state index >= 15 is 0 Å². The molecule has 2 N–H and O–H groups in total. The van der Waals surface area contributed by atoms with Crippen LogP contribution < -0.4 is 14.9 Å². The Balaban J connectivity index is 1.57. The molecule has 0 aliphatic carbocycles. The minimum absolute atomic E-state index is 0.0538. The first-order valence-corrected chi connectivity index (χ1v) is 10.4. The average molecular weight is 414 g/mol. The molecule has 29 heavy (non-hydrogen) atoms. The Kier molecular flexibility index (Phi) is 6.30. The summed E-state index contributed by atoms with van der Waals surface area (Å²) in [5, 5.41) is 2.80. The molecule has 0 bridgehead atoms. The smallest absolute Gasteiger partial charge is 0.251 e. The number of amides is 1. The topological polar surface area (TPSA) is 105 Å². The summed E-state index contributed by atoms with van der Waals surface area (Å²) in [4.78, 5) is 18.6. The van der Waals surface area contributed by atoms with Gasteiger partial charge >= 0.3 is 0 Å².